The highest BCUT2D eigenvalue weighted by Gasteiger charge is 2.29. The normalized spacial score (nSPS) is 16.9. The summed E-state index contributed by atoms with van der Waals surface area (Å²) in [5, 5.41) is 0.326. The van der Waals surface area contributed by atoms with Crippen LogP contribution in [0.1, 0.15) is 24.3 Å². The minimum Gasteiger partial charge on any atom is -0.244 e. The molecule has 1 aliphatic rings. The van der Waals surface area contributed by atoms with Crippen molar-refractivity contribution >= 4 is 11.6 Å². The largest absolute Gasteiger partial charge is 0.244 e. The molecule has 1 aromatic rings. The van der Waals surface area contributed by atoms with Gasteiger partial charge in [0.15, 0.2) is 0 Å². The molecule has 1 heterocycles. The number of hydrogen-bond acceptors (Lipinski definition) is 1. The van der Waals surface area contributed by atoms with Crippen molar-refractivity contribution in [2.24, 2.45) is 0 Å². The van der Waals surface area contributed by atoms with Gasteiger partial charge < -0.3 is 0 Å². The second-order valence-electron chi connectivity index (χ2n) is 2.77. The van der Waals surface area contributed by atoms with Crippen molar-refractivity contribution in [1.29, 1.82) is 0 Å². The fourth-order valence-electron chi connectivity index (χ4n) is 1.16. The minimum atomic E-state index is -0.215. The van der Waals surface area contributed by atoms with Crippen molar-refractivity contribution in [3.8, 4) is 0 Å². The van der Waals surface area contributed by atoms with Crippen LogP contribution in [0.5, 0.6) is 0 Å². The maximum atomic E-state index is 13.0. The van der Waals surface area contributed by atoms with Gasteiger partial charge in [0, 0.05) is 11.8 Å². The van der Waals surface area contributed by atoms with Crippen LogP contribution in [0.25, 0.3) is 0 Å². The fourth-order valence-corrected chi connectivity index (χ4v) is 1.46. The molecule has 0 unspecified atom stereocenters. The third-order valence-corrected chi connectivity index (χ3v) is 2.18. The van der Waals surface area contributed by atoms with Crippen LogP contribution in [0, 0.1) is 5.82 Å². The van der Waals surface area contributed by atoms with Gasteiger partial charge in [-0.15, -0.1) is 0 Å². The minimum absolute atomic E-state index is 0.215. The number of hydrogen-bond donors (Lipinski definition) is 0. The van der Waals surface area contributed by atoms with Crippen molar-refractivity contribution in [2.45, 2.75) is 18.8 Å². The summed E-state index contributed by atoms with van der Waals surface area (Å²) in [6.45, 7) is 0. The Balaban J connectivity index is 2.48. The zero-order valence-corrected chi connectivity index (χ0v) is 6.61. The van der Waals surface area contributed by atoms with E-state index in [4.69, 9.17) is 11.6 Å². The van der Waals surface area contributed by atoms with Crippen molar-refractivity contribution in [1.82, 2.24) is 4.98 Å². The van der Waals surface area contributed by atoms with E-state index in [0.717, 1.165) is 12.8 Å². The molecule has 2 rings (SSSR count). The summed E-state index contributed by atoms with van der Waals surface area (Å²) in [6, 6.07) is 1.36. The van der Waals surface area contributed by atoms with E-state index < -0.39 is 0 Å². The Morgan fingerprint density at radius 2 is 2.27 bits per heavy atom. The molecule has 0 saturated heterocycles. The van der Waals surface area contributed by atoms with Gasteiger partial charge in [-0.1, -0.05) is 11.6 Å². The summed E-state index contributed by atoms with van der Waals surface area (Å²) in [6.07, 6.45) is 3.48. The second-order valence-corrected chi connectivity index (χ2v) is 3.13. The average molecular weight is 172 g/mol. The van der Waals surface area contributed by atoms with E-state index in [1.807, 2.05) is 0 Å². The van der Waals surface area contributed by atoms with E-state index in [2.05, 4.69) is 4.98 Å². The zero-order valence-electron chi connectivity index (χ0n) is 5.85. The number of nitrogens with zero attached hydrogens (tertiary/aromatic N) is 1. The van der Waals surface area contributed by atoms with Crippen LogP contribution in [0.15, 0.2) is 12.3 Å². The lowest BCUT2D eigenvalue weighted by Crippen LogP contribution is -1.90. The first-order valence-corrected chi connectivity index (χ1v) is 3.96. The summed E-state index contributed by atoms with van der Waals surface area (Å²) >= 11 is 5.71. The molecule has 1 nitrogen and oxygen atoms in total. The Labute approximate surface area is 69.2 Å². The molecule has 1 aliphatic carbocycles. The van der Waals surface area contributed by atoms with Crippen molar-refractivity contribution in [3.63, 3.8) is 0 Å². The lowest BCUT2D eigenvalue weighted by atomic mass is 10.2. The van der Waals surface area contributed by atoms with E-state index in [1.54, 1.807) is 0 Å². The zero-order chi connectivity index (χ0) is 7.84. The van der Waals surface area contributed by atoms with E-state index in [0.29, 0.717) is 16.6 Å². The lowest BCUT2D eigenvalue weighted by Gasteiger charge is -2.00. The molecule has 0 aromatic carbocycles. The standard InChI is InChI=1S/C8H7ClFN/c9-8-7(5-1-2-5)6(10)3-4-11-8/h3-5H,1-2H2. The topological polar surface area (TPSA) is 12.9 Å². The quantitative estimate of drug-likeness (QED) is 0.592. The average Bonchev–Trinajstić information content (AvgIpc) is 2.70. The predicted molar refractivity (Wildman–Crippen MR) is 41.2 cm³/mol. The lowest BCUT2D eigenvalue weighted by molar-refractivity contribution is 0.608. The van der Waals surface area contributed by atoms with Crippen LogP contribution in [0.2, 0.25) is 5.15 Å². The number of pyridine rings is 1. The molecule has 1 fully saturated rings. The summed E-state index contributed by atoms with van der Waals surface area (Å²) in [5.74, 6) is 0.115. The summed E-state index contributed by atoms with van der Waals surface area (Å²) in [7, 11) is 0. The fraction of sp³-hybridized carbons (Fsp3) is 0.375. The van der Waals surface area contributed by atoms with Gasteiger partial charge in [0.25, 0.3) is 0 Å². The Morgan fingerprint density at radius 3 is 2.82 bits per heavy atom. The molecule has 0 atom stereocenters. The molecule has 0 bridgehead atoms. The van der Waals surface area contributed by atoms with Gasteiger partial charge in [-0.2, -0.15) is 0 Å². The van der Waals surface area contributed by atoms with Crippen LogP contribution < -0.4 is 0 Å². The first-order valence-electron chi connectivity index (χ1n) is 3.59. The Morgan fingerprint density at radius 1 is 1.55 bits per heavy atom. The van der Waals surface area contributed by atoms with E-state index in [9.17, 15) is 4.39 Å². The second kappa shape index (κ2) is 2.45. The maximum absolute atomic E-state index is 13.0. The van der Waals surface area contributed by atoms with Gasteiger partial charge in [-0.05, 0) is 24.8 Å². The summed E-state index contributed by atoms with van der Waals surface area (Å²) in [5.41, 5.74) is 0.606. The molecule has 0 N–H and O–H groups in total. The maximum Gasteiger partial charge on any atom is 0.135 e. The van der Waals surface area contributed by atoms with Crippen LogP contribution in [0.4, 0.5) is 4.39 Å². The first-order chi connectivity index (χ1) is 5.29. The van der Waals surface area contributed by atoms with Gasteiger partial charge in [0.2, 0.25) is 0 Å². The number of rotatable bonds is 1. The smallest absolute Gasteiger partial charge is 0.135 e. The monoisotopic (exact) mass is 171 g/mol. The van der Waals surface area contributed by atoms with Gasteiger partial charge >= 0.3 is 0 Å². The molecule has 0 aliphatic heterocycles. The van der Waals surface area contributed by atoms with Gasteiger partial charge in [0.1, 0.15) is 11.0 Å². The molecular formula is C8H7ClFN. The van der Waals surface area contributed by atoms with Crippen LogP contribution in [-0.4, -0.2) is 4.98 Å². The Bertz CT molecular complexity index is 263. The Kier molecular flexibility index (Phi) is 1.57. The molecular weight excluding hydrogens is 165 g/mol. The van der Waals surface area contributed by atoms with E-state index >= 15 is 0 Å². The van der Waals surface area contributed by atoms with Gasteiger partial charge in [-0.3, -0.25) is 0 Å². The number of aromatic nitrogens is 1. The Hall–Kier alpha value is -0.630. The summed E-state index contributed by atoms with van der Waals surface area (Å²) in [4.78, 5) is 3.83. The highest BCUT2D eigenvalue weighted by Crippen LogP contribution is 2.43. The molecule has 1 saturated carbocycles. The SMILES string of the molecule is Fc1ccnc(Cl)c1C1CC1. The van der Waals surface area contributed by atoms with E-state index in [-0.39, 0.29) is 5.82 Å². The van der Waals surface area contributed by atoms with Gasteiger partial charge in [-0.25, -0.2) is 9.37 Å². The third-order valence-electron chi connectivity index (χ3n) is 1.87. The predicted octanol–water partition coefficient (Wildman–Crippen LogP) is 2.75. The van der Waals surface area contributed by atoms with E-state index in [1.165, 1.54) is 12.3 Å². The molecule has 58 valence electrons. The number of halogens is 2. The highest BCUT2D eigenvalue weighted by molar-refractivity contribution is 6.30. The van der Waals surface area contributed by atoms with Crippen LogP contribution >= 0.6 is 11.6 Å². The molecule has 0 amide bonds. The van der Waals surface area contributed by atoms with Crippen LogP contribution in [0.3, 0.4) is 0 Å². The van der Waals surface area contributed by atoms with Crippen LogP contribution in [-0.2, 0) is 0 Å². The van der Waals surface area contributed by atoms with Crippen molar-refractivity contribution in [2.75, 3.05) is 0 Å². The molecule has 0 radical (unpaired) electrons. The van der Waals surface area contributed by atoms with Crippen molar-refractivity contribution < 1.29 is 4.39 Å². The molecule has 0 spiro atoms. The van der Waals surface area contributed by atoms with Crippen molar-refractivity contribution in [3.05, 3.63) is 28.8 Å². The molecule has 3 heteroatoms. The third kappa shape index (κ3) is 1.23. The molecule has 1 aromatic heterocycles. The summed E-state index contributed by atoms with van der Waals surface area (Å²) < 4.78 is 13.0. The highest BCUT2D eigenvalue weighted by atomic mass is 35.5. The molecule has 11 heavy (non-hydrogen) atoms. The van der Waals surface area contributed by atoms with Gasteiger partial charge in [0.05, 0.1) is 0 Å². The first kappa shape index (κ1) is 7.04.